The van der Waals surface area contributed by atoms with E-state index in [9.17, 15) is 9.90 Å². The predicted molar refractivity (Wildman–Crippen MR) is 78.8 cm³/mol. The van der Waals surface area contributed by atoms with Crippen molar-refractivity contribution in [1.82, 2.24) is 5.32 Å². The van der Waals surface area contributed by atoms with E-state index in [0.29, 0.717) is 0 Å². The molecule has 0 aromatic heterocycles. The molecular formula is C16H23NO2. The number of aliphatic hydroxyl groups is 1. The SMILES string of the molecule is Cc1cc(C)cc(/C=C/C(=O)NCC(O)C(C)C)c1. The molecule has 0 heterocycles. The lowest BCUT2D eigenvalue weighted by Crippen LogP contribution is -2.33. The summed E-state index contributed by atoms with van der Waals surface area (Å²) < 4.78 is 0. The van der Waals surface area contributed by atoms with Gasteiger partial charge in [-0.05, 0) is 31.4 Å². The summed E-state index contributed by atoms with van der Waals surface area (Å²) in [4.78, 5) is 11.6. The van der Waals surface area contributed by atoms with E-state index in [-0.39, 0.29) is 18.4 Å². The third kappa shape index (κ3) is 5.71. The Kier molecular flexibility index (Phi) is 5.77. The largest absolute Gasteiger partial charge is 0.391 e. The fraction of sp³-hybridized carbons (Fsp3) is 0.438. The molecule has 1 rings (SSSR count). The van der Waals surface area contributed by atoms with Gasteiger partial charge in [0.2, 0.25) is 5.91 Å². The average molecular weight is 261 g/mol. The number of carbonyl (C=O) groups is 1. The van der Waals surface area contributed by atoms with Crippen LogP contribution in [0.3, 0.4) is 0 Å². The van der Waals surface area contributed by atoms with E-state index in [2.05, 4.69) is 11.4 Å². The van der Waals surface area contributed by atoms with Gasteiger partial charge in [0.25, 0.3) is 0 Å². The zero-order valence-corrected chi connectivity index (χ0v) is 12.1. The number of hydrogen-bond acceptors (Lipinski definition) is 2. The summed E-state index contributed by atoms with van der Waals surface area (Å²) >= 11 is 0. The second-order valence-corrected chi connectivity index (χ2v) is 5.31. The minimum Gasteiger partial charge on any atom is -0.391 e. The number of hydrogen-bond donors (Lipinski definition) is 2. The Labute approximate surface area is 115 Å². The first kappa shape index (κ1) is 15.4. The lowest BCUT2D eigenvalue weighted by molar-refractivity contribution is -0.117. The van der Waals surface area contributed by atoms with Crippen molar-refractivity contribution < 1.29 is 9.90 Å². The van der Waals surface area contributed by atoms with Gasteiger partial charge in [-0.1, -0.05) is 43.2 Å². The van der Waals surface area contributed by atoms with E-state index in [1.165, 1.54) is 17.2 Å². The molecule has 1 unspecified atom stereocenters. The molecular weight excluding hydrogens is 238 g/mol. The van der Waals surface area contributed by atoms with Gasteiger partial charge in [-0.15, -0.1) is 0 Å². The van der Waals surface area contributed by atoms with Crippen molar-refractivity contribution in [2.45, 2.75) is 33.8 Å². The van der Waals surface area contributed by atoms with Crippen LogP contribution in [0.15, 0.2) is 24.3 Å². The van der Waals surface area contributed by atoms with E-state index >= 15 is 0 Å². The molecule has 104 valence electrons. The Morgan fingerprint density at radius 2 is 1.84 bits per heavy atom. The highest BCUT2D eigenvalue weighted by molar-refractivity contribution is 5.91. The van der Waals surface area contributed by atoms with Crippen LogP contribution < -0.4 is 5.32 Å². The standard InChI is InChI=1S/C16H23NO2/c1-11(2)15(18)10-17-16(19)6-5-14-8-12(3)7-13(4)9-14/h5-9,11,15,18H,10H2,1-4H3,(H,17,19)/b6-5+. The Balaban J connectivity index is 2.54. The number of carbonyl (C=O) groups excluding carboxylic acids is 1. The summed E-state index contributed by atoms with van der Waals surface area (Å²) in [5.74, 6) is -0.0393. The number of aryl methyl sites for hydroxylation is 2. The van der Waals surface area contributed by atoms with Gasteiger partial charge in [0.1, 0.15) is 0 Å². The molecule has 3 heteroatoms. The summed E-state index contributed by atoms with van der Waals surface area (Å²) in [5, 5.41) is 12.3. The molecule has 19 heavy (non-hydrogen) atoms. The van der Waals surface area contributed by atoms with E-state index in [1.54, 1.807) is 6.08 Å². The van der Waals surface area contributed by atoms with Gasteiger partial charge >= 0.3 is 0 Å². The van der Waals surface area contributed by atoms with Crippen LogP contribution in [0.25, 0.3) is 6.08 Å². The molecule has 1 amide bonds. The second-order valence-electron chi connectivity index (χ2n) is 5.31. The Bertz CT molecular complexity index is 444. The fourth-order valence-electron chi connectivity index (χ4n) is 1.78. The lowest BCUT2D eigenvalue weighted by Gasteiger charge is -2.14. The monoisotopic (exact) mass is 261 g/mol. The van der Waals surface area contributed by atoms with Gasteiger partial charge in [0.05, 0.1) is 6.10 Å². The van der Waals surface area contributed by atoms with Crippen LogP contribution in [0.5, 0.6) is 0 Å². The highest BCUT2D eigenvalue weighted by Gasteiger charge is 2.09. The molecule has 0 radical (unpaired) electrons. The summed E-state index contributed by atoms with van der Waals surface area (Å²) in [5.41, 5.74) is 3.36. The molecule has 0 aliphatic rings. The van der Waals surface area contributed by atoms with Crippen molar-refractivity contribution in [3.63, 3.8) is 0 Å². The predicted octanol–water partition coefficient (Wildman–Crippen LogP) is 2.45. The van der Waals surface area contributed by atoms with Gasteiger partial charge in [0.15, 0.2) is 0 Å². The van der Waals surface area contributed by atoms with Crippen molar-refractivity contribution in [2.24, 2.45) is 5.92 Å². The van der Waals surface area contributed by atoms with Crippen LogP contribution >= 0.6 is 0 Å². The van der Waals surface area contributed by atoms with Crippen LogP contribution in [-0.4, -0.2) is 23.7 Å². The van der Waals surface area contributed by atoms with Crippen molar-refractivity contribution in [1.29, 1.82) is 0 Å². The minimum atomic E-state index is -0.501. The normalized spacial score (nSPS) is 12.9. The molecule has 3 nitrogen and oxygen atoms in total. The molecule has 0 saturated heterocycles. The maximum atomic E-state index is 11.6. The molecule has 2 N–H and O–H groups in total. The maximum Gasteiger partial charge on any atom is 0.244 e. The first-order chi connectivity index (χ1) is 8.88. The lowest BCUT2D eigenvalue weighted by atomic mass is 10.1. The number of aliphatic hydroxyl groups excluding tert-OH is 1. The second kappa shape index (κ2) is 7.10. The van der Waals surface area contributed by atoms with Crippen LogP contribution in [-0.2, 0) is 4.79 Å². The number of nitrogens with one attached hydrogen (secondary N) is 1. The van der Waals surface area contributed by atoms with Crippen molar-refractivity contribution >= 4 is 12.0 Å². The maximum absolute atomic E-state index is 11.6. The Morgan fingerprint density at radius 3 is 2.37 bits per heavy atom. The molecule has 0 fully saturated rings. The molecule has 1 atom stereocenters. The minimum absolute atomic E-state index is 0.142. The first-order valence-corrected chi connectivity index (χ1v) is 6.60. The van der Waals surface area contributed by atoms with Crippen LogP contribution in [0, 0.1) is 19.8 Å². The molecule has 0 saturated carbocycles. The molecule has 1 aromatic carbocycles. The van der Waals surface area contributed by atoms with E-state index < -0.39 is 6.10 Å². The third-order valence-electron chi connectivity index (χ3n) is 2.93. The first-order valence-electron chi connectivity index (χ1n) is 6.60. The van der Waals surface area contributed by atoms with Gasteiger partial charge in [-0.25, -0.2) is 0 Å². The quantitative estimate of drug-likeness (QED) is 0.800. The summed E-state index contributed by atoms with van der Waals surface area (Å²) in [6.07, 6.45) is 2.79. The Hall–Kier alpha value is -1.61. The van der Waals surface area contributed by atoms with Crippen molar-refractivity contribution in [3.05, 3.63) is 41.0 Å². The number of amides is 1. The molecule has 0 spiro atoms. The number of benzene rings is 1. The van der Waals surface area contributed by atoms with Crippen molar-refractivity contribution in [3.8, 4) is 0 Å². The highest BCUT2D eigenvalue weighted by atomic mass is 16.3. The van der Waals surface area contributed by atoms with Gasteiger partial charge < -0.3 is 10.4 Å². The molecule has 1 aromatic rings. The zero-order valence-electron chi connectivity index (χ0n) is 12.1. The van der Waals surface area contributed by atoms with Crippen LogP contribution in [0.1, 0.15) is 30.5 Å². The average Bonchev–Trinajstić information content (AvgIpc) is 2.32. The van der Waals surface area contributed by atoms with Gasteiger partial charge in [0, 0.05) is 12.6 Å². The fourth-order valence-corrected chi connectivity index (χ4v) is 1.78. The summed E-state index contributed by atoms with van der Waals surface area (Å²) in [7, 11) is 0. The van der Waals surface area contributed by atoms with Gasteiger partial charge in [-0.2, -0.15) is 0 Å². The van der Waals surface area contributed by atoms with E-state index in [1.807, 2.05) is 39.8 Å². The van der Waals surface area contributed by atoms with E-state index in [4.69, 9.17) is 0 Å². The topological polar surface area (TPSA) is 49.3 Å². The smallest absolute Gasteiger partial charge is 0.244 e. The summed E-state index contributed by atoms with van der Waals surface area (Å²) in [6.45, 7) is 8.19. The molecule has 0 bridgehead atoms. The zero-order chi connectivity index (χ0) is 14.4. The highest BCUT2D eigenvalue weighted by Crippen LogP contribution is 2.10. The van der Waals surface area contributed by atoms with Crippen molar-refractivity contribution in [2.75, 3.05) is 6.54 Å². The van der Waals surface area contributed by atoms with Crippen LogP contribution in [0.4, 0.5) is 0 Å². The number of rotatable bonds is 5. The molecule has 0 aliphatic carbocycles. The van der Waals surface area contributed by atoms with Gasteiger partial charge in [-0.3, -0.25) is 4.79 Å². The summed E-state index contributed by atoms with van der Waals surface area (Å²) in [6, 6.07) is 6.15. The third-order valence-corrected chi connectivity index (χ3v) is 2.93. The van der Waals surface area contributed by atoms with E-state index in [0.717, 1.165) is 5.56 Å². The molecule has 0 aliphatic heterocycles. The Morgan fingerprint density at radius 1 is 1.26 bits per heavy atom. The van der Waals surface area contributed by atoms with Crippen LogP contribution in [0.2, 0.25) is 0 Å².